The molecule has 0 radical (unpaired) electrons. The number of ether oxygens (including phenoxy) is 1. The normalized spacial score (nSPS) is 12.1. The van der Waals surface area contributed by atoms with Gasteiger partial charge in [0, 0.05) is 5.02 Å². The van der Waals surface area contributed by atoms with Crippen LogP contribution in [0.25, 0.3) is 0 Å². The number of hydrogen-bond acceptors (Lipinski definition) is 3. The first-order valence-electron chi connectivity index (χ1n) is 6.64. The third kappa shape index (κ3) is 4.30. The van der Waals surface area contributed by atoms with Crippen molar-refractivity contribution in [2.24, 2.45) is 0 Å². The highest BCUT2D eigenvalue weighted by Gasteiger charge is 2.07. The molecule has 0 aliphatic carbocycles. The lowest BCUT2D eigenvalue weighted by Crippen LogP contribution is -2.04. The molecule has 21 heavy (non-hydrogen) atoms. The van der Waals surface area contributed by atoms with Crippen molar-refractivity contribution in [2.45, 2.75) is 24.7 Å². The van der Waals surface area contributed by atoms with E-state index in [-0.39, 0.29) is 4.90 Å². The molecule has 0 aliphatic rings. The van der Waals surface area contributed by atoms with Crippen molar-refractivity contribution in [3.05, 3.63) is 58.6 Å². The first-order valence-corrected chi connectivity index (χ1v) is 8.10. The van der Waals surface area contributed by atoms with Gasteiger partial charge in [-0.25, -0.2) is 0 Å². The summed E-state index contributed by atoms with van der Waals surface area (Å²) in [6.07, 6.45) is 1.56. The van der Waals surface area contributed by atoms with Crippen LogP contribution in [0.15, 0.2) is 47.4 Å². The standard InChI is InChI=1S/C16H17ClO3S/c1-12-6-4-10-15(21(18)19)16(12)20-11-5-8-13-7-2-3-9-14(13)17/h2-4,6-7,9-10H,5,8,11H2,1H3,(H,18,19)/p-1. The van der Waals surface area contributed by atoms with E-state index in [1.807, 2.05) is 37.3 Å². The molecule has 0 bridgehead atoms. The Balaban J connectivity index is 1.95. The van der Waals surface area contributed by atoms with Crippen molar-refractivity contribution < 1.29 is 13.5 Å². The summed E-state index contributed by atoms with van der Waals surface area (Å²) >= 11 is 3.80. The van der Waals surface area contributed by atoms with Crippen LogP contribution in [0.5, 0.6) is 5.75 Å². The Hall–Kier alpha value is -1.36. The Labute approximate surface area is 132 Å². The van der Waals surface area contributed by atoms with Crippen LogP contribution < -0.4 is 4.74 Å². The Morgan fingerprint density at radius 1 is 1.19 bits per heavy atom. The van der Waals surface area contributed by atoms with Gasteiger partial charge in [0.25, 0.3) is 0 Å². The fourth-order valence-corrected chi connectivity index (χ4v) is 2.87. The summed E-state index contributed by atoms with van der Waals surface area (Å²) in [6.45, 7) is 2.28. The lowest BCUT2D eigenvalue weighted by Gasteiger charge is -2.15. The summed E-state index contributed by atoms with van der Waals surface area (Å²) in [5, 5.41) is 0.745. The molecule has 0 spiro atoms. The molecule has 0 saturated carbocycles. The zero-order chi connectivity index (χ0) is 15.2. The van der Waals surface area contributed by atoms with Gasteiger partial charge in [-0.3, -0.25) is 4.21 Å². The molecule has 0 N–H and O–H groups in total. The van der Waals surface area contributed by atoms with Crippen molar-refractivity contribution in [1.29, 1.82) is 0 Å². The van der Waals surface area contributed by atoms with Gasteiger partial charge >= 0.3 is 0 Å². The number of halogens is 1. The van der Waals surface area contributed by atoms with Crippen molar-refractivity contribution in [1.82, 2.24) is 0 Å². The molecule has 0 aliphatic heterocycles. The van der Waals surface area contributed by atoms with E-state index in [4.69, 9.17) is 16.3 Å². The minimum Gasteiger partial charge on any atom is -0.768 e. The van der Waals surface area contributed by atoms with E-state index in [9.17, 15) is 8.76 Å². The predicted molar refractivity (Wildman–Crippen MR) is 83.6 cm³/mol. The highest BCUT2D eigenvalue weighted by Crippen LogP contribution is 2.26. The average molecular weight is 324 g/mol. The lowest BCUT2D eigenvalue weighted by molar-refractivity contribution is 0.300. The summed E-state index contributed by atoms with van der Waals surface area (Å²) in [5.74, 6) is 0.435. The Morgan fingerprint density at radius 2 is 1.95 bits per heavy atom. The number of hydrogen-bond donors (Lipinski definition) is 0. The molecule has 5 heteroatoms. The molecule has 0 aromatic heterocycles. The van der Waals surface area contributed by atoms with Gasteiger partial charge in [0.2, 0.25) is 0 Å². The van der Waals surface area contributed by atoms with Crippen LogP contribution >= 0.6 is 11.6 Å². The average Bonchev–Trinajstić information content (AvgIpc) is 2.46. The SMILES string of the molecule is Cc1cccc(S(=O)[O-])c1OCCCc1ccccc1Cl. The number of aryl methyl sites for hydroxylation is 2. The predicted octanol–water partition coefficient (Wildman–Crippen LogP) is 3.90. The molecule has 1 atom stereocenters. The minimum atomic E-state index is -2.29. The second-order valence-electron chi connectivity index (χ2n) is 4.68. The zero-order valence-corrected chi connectivity index (χ0v) is 13.2. The number of rotatable bonds is 6. The van der Waals surface area contributed by atoms with Gasteiger partial charge in [0.15, 0.2) is 0 Å². The van der Waals surface area contributed by atoms with Gasteiger partial charge in [0.05, 0.1) is 11.5 Å². The largest absolute Gasteiger partial charge is 0.768 e. The summed E-state index contributed by atoms with van der Waals surface area (Å²) in [4.78, 5) is 0.202. The van der Waals surface area contributed by atoms with E-state index < -0.39 is 11.1 Å². The maximum atomic E-state index is 11.2. The zero-order valence-electron chi connectivity index (χ0n) is 11.7. The molecular weight excluding hydrogens is 308 g/mol. The maximum Gasteiger partial charge on any atom is 0.137 e. The molecular formula is C16H16ClO3S-. The van der Waals surface area contributed by atoms with Gasteiger partial charge in [-0.1, -0.05) is 41.9 Å². The second-order valence-corrected chi connectivity index (χ2v) is 6.00. The number of para-hydroxylation sites is 1. The van der Waals surface area contributed by atoms with E-state index in [2.05, 4.69) is 0 Å². The van der Waals surface area contributed by atoms with Crippen molar-refractivity contribution in [3.8, 4) is 5.75 Å². The van der Waals surface area contributed by atoms with E-state index in [1.54, 1.807) is 12.1 Å². The third-order valence-corrected chi connectivity index (χ3v) is 4.20. The van der Waals surface area contributed by atoms with Crippen molar-refractivity contribution >= 4 is 22.7 Å². The van der Waals surface area contributed by atoms with Gasteiger partial charge < -0.3 is 9.29 Å². The van der Waals surface area contributed by atoms with Crippen LogP contribution in [-0.4, -0.2) is 15.4 Å². The fourth-order valence-electron chi connectivity index (χ4n) is 2.08. The van der Waals surface area contributed by atoms with Gasteiger partial charge in [0.1, 0.15) is 5.75 Å². The monoisotopic (exact) mass is 323 g/mol. The van der Waals surface area contributed by atoms with Gasteiger partial charge in [-0.05, 0) is 54.1 Å². The molecule has 0 amide bonds. The molecule has 0 saturated heterocycles. The van der Waals surface area contributed by atoms with Gasteiger partial charge in [-0.2, -0.15) is 0 Å². The highest BCUT2D eigenvalue weighted by atomic mass is 35.5. The molecule has 2 aromatic rings. The van der Waals surface area contributed by atoms with E-state index in [0.717, 1.165) is 29.0 Å². The van der Waals surface area contributed by atoms with E-state index >= 15 is 0 Å². The molecule has 0 heterocycles. The third-order valence-electron chi connectivity index (χ3n) is 3.15. The highest BCUT2D eigenvalue weighted by molar-refractivity contribution is 7.79. The van der Waals surface area contributed by atoms with Crippen LogP contribution in [0.4, 0.5) is 0 Å². The van der Waals surface area contributed by atoms with E-state index in [1.165, 1.54) is 0 Å². The van der Waals surface area contributed by atoms with E-state index in [0.29, 0.717) is 12.4 Å². The summed E-state index contributed by atoms with van der Waals surface area (Å²) in [6, 6.07) is 12.8. The maximum absolute atomic E-state index is 11.2. The van der Waals surface area contributed by atoms with Crippen LogP contribution in [0.2, 0.25) is 5.02 Å². The van der Waals surface area contributed by atoms with Crippen molar-refractivity contribution in [2.75, 3.05) is 6.61 Å². The number of benzene rings is 2. The Morgan fingerprint density at radius 3 is 2.67 bits per heavy atom. The molecule has 1 unspecified atom stereocenters. The molecule has 3 nitrogen and oxygen atoms in total. The van der Waals surface area contributed by atoms with Crippen LogP contribution in [-0.2, 0) is 17.5 Å². The molecule has 0 fully saturated rings. The Bertz CT molecular complexity index is 643. The first-order chi connectivity index (χ1) is 10.1. The molecule has 2 rings (SSSR count). The minimum absolute atomic E-state index is 0.202. The fraction of sp³-hybridized carbons (Fsp3) is 0.250. The second kappa shape index (κ2) is 7.59. The van der Waals surface area contributed by atoms with Crippen LogP contribution in [0, 0.1) is 6.92 Å². The quantitative estimate of drug-likeness (QED) is 0.598. The van der Waals surface area contributed by atoms with Gasteiger partial charge in [-0.15, -0.1) is 0 Å². The topological polar surface area (TPSA) is 49.4 Å². The molecule has 2 aromatic carbocycles. The summed E-state index contributed by atoms with van der Waals surface area (Å²) in [7, 11) is 0. The van der Waals surface area contributed by atoms with Crippen LogP contribution in [0.3, 0.4) is 0 Å². The van der Waals surface area contributed by atoms with Crippen molar-refractivity contribution in [3.63, 3.8) is 0 Å². The first kappa shape index (κ1) is 16.0. The van der Waals surface area contributed by atoms with Crippen LogP contribution in [0.1, 0.15) is 17.5 Å². The smallest absolute Gasteiger partial charge is 0.137 e. The summed E-state index contributed by atoms with van der Waals surface area (Å²) in [5.41, 5.74) is 1.88. The Kier molecular flexibility index (Phi) is 5.79. The summed E-state index contributed by atoms with van der Waals surface area (Å²) < 4.78 is 28.0. The lowest BCUT2D eigenvalue weighted by atomic mass is 10.1. The molecule has 112 valence electrons.